The van der Waals surface area contributed by atoms with E-state index < -0.39 is 16.6 Å². The number of nitrogens with zero attached hydrogens (tertiary/aromatic N) is 6. The van der Waals surface area contributed by atoms with E-state index >= 15 is 0 Å². The molecular formula is C21H21FN8O5. The van der Waals surface area contributed by atoms with Gasteiger partial charge in [-0.1, -0.05) is 0 Å². The molecule has 0 bridgehead atoms. The fraction of sp³-hybridized carbons (Fsp3) is 0.190. The molecule has 182 valence electrons. The van der Waals surface area contributed by atoms with Crippen LogP contribution in [0.25, 0.3) is 0 Å². The molecule has 0 aliphatic carbocycles. The maximum absolute atomic E-state index is 13.2. The first kappa shape index (κ1) is 24.8. The molecule has 0 radical (unpaired) electrons. The van der Waals surface area contributed by atoms with E-state index in [1.165, 1.54) is 56.6 Å². The lowest BCUT2D eigenvalue weighted by molar-refractivity contribution is -0.385. The fourth-order valence-electron chi connectivity index (χ4n) is 2.79. The average Bonchev–Trinajstić information content (AvgIpc) is 2.80. The number of hydrogen-bond donors (Lipinski definition) is 2. The number of aromatic nitrogens is 3. The van der Waals surface area contributed by atoms with Crippen molar-refractivity contribution in [2.75, 3.05) is 36.8 Å². The number of ether oxygens (including phenoxy) is 2. The number of nitrogens with one attached hydrogen (secondary N) is 2. The molecule has 13 nitrogen and oxygen atoms in total. The standard InChI is InChI=1S/C21H21FN8O5/c1-12(31)35-16-10-5-13(17(30(32)33)18(16)34-4)11-23-28-20-25-19(26-21(27-20)29(2)3)24-15-8-6-14(22)7-9-15/h5-11H,1-4H3,(H2,24,25,26,27,28)/b23-11-. The zero-order valence-electron chi connectivity index (χ0n) is 19.1. The number of anilines is 4. The van der Waals surface area contributed by atoms with Gasteiger partial charge in [0.25, 0.3) is 0 Å². The van der Waals surface area contributed by atoms with E-state index in [4.69, 9.17) is 9.47 Å². The highest BCUT2D eigenvalue weighted by Gasteiger charge is 2.25. The molecule has 0 spiro atoms. The first-order valence-corrected chi connectivity index (χ1v) is 9.96. The number of carbonyl (C=O) groups excluding carboxylic acids is 1. The second kappa shape index (κ2) is 10.8. The second-order valence-corrected chi connectivity index (χ2v) is 7.06. The predicted octanol–water partition coefficient (Wildman–Crippen LogP) is 3.11. The Morgan fingerprint density at radius 2 is 1.83 bits per heavy atom. The van der Waals surface area contributed by atoms with Gasteiger partial charge in [-0.3, -0.25) is 14.9 Å². The fourth-order valence-corrected chi connectivity index (χ4v) is 2.79. The first-order valence-electron chi connectivity index (χ1n) is 9.96. The van der Waals surface area contributed by atoms with Crippen LogP contribution < -0.4 is 25.1 Å². The van der Waals surface area contributed by atoms with Crippen LogP contribution in [0.1, 0.15) is 12.5 Å². The number of benzene rings is 2. The minimum absolute atomic E-state index is 0.0377. The van der Waals surface area contributed by atoms with Gasteiger partial charge < -0.3 is 19.7 Å². The van der Waals surface area contributed by atoms with E-state index in [0.717, 1.165) is 0 Å². The third-order valence-corrected chi connectivity index (χ3v) is 4.26. The maximum Gasteiger partial charge on any atom is 0.323 e. The molecule has 0 atom stereocenters. The summed E-state index contributed by atoms with van der Waals surface area (Å²) in [6, 6.07) is 8.32. The highest BCUT2D eigenvalue weighted by molar-refractivity contribution is 5.89. The van der Waals surface area contributed by atoms with E-state index in [1.54, 1.807) is 19.0 Å². The monoisotopic (exact) mass is 484 g/mol. The number of halogens is 1. The van der Waals surface area contributed by atoms with Crippen LogP contribution in [0, 0.1) is 15.9 Å². The summed E-state index contributed by atoms with van der Waals surface area (Å²) in [7, 11) is 4.67. The molecule has 1 heterocycles. The van der Waals surface area contributed by atoms with Gasteiger partial charge in [-0.2, -0.15) is 20.1 Å². The molecule has 35 heavy (non-hydrogen) atoms. The summed E-state index contributed by atoms with van der Waals surface area (Å²) >= 11 is 0. The highest BCUT2D eigenvalue weighted by atomic mass is 19.1. The van der Waals surface area contributed by atoms with Crippen LogP contribution in [0.2, 0.25) is 0 Å². The quantitative estimate of drug-likeness (QED) is 0.151. The van der Waals surface area contributed by atoms with Gasteiger partial charge in [0.2, 0.25) is 23.6 Å². The van der Waals surface area contributed by atoms with Gasteiger partial charge in [-0.05, 0) is 36.4 Å². The summed E-state index contributed by atoms with van der Waals surface area (Å²) < 4.78 is 23.2. The van der Waals surface area contributed by atoms with Crippen LogP contribution in [0.4, 0.5) is 33.6 Å². The lowest BCUT2D eigenvalue weighted by Gasteiger charge is -2.13. The van der Waals surface area contributed by atoms with Gasteiger partial charge >= 0.3 is 11.7 Å². The van der Waals surface area contributed by atoms with Crippen molar-refractivity contribution in [1.29, 1.82) is 0 Å². The summed E-state index contributed by atoms with van der Waals surface area (Å²) in [5.74, 6) is -0.875. The minimum atomic E-state index is -0.676. The third kappa shape index (κ3) is 6.34. The third-order valence-electron chi connectivity index (χ3n) is 4.26. The Balaban J connectivity index is 1.89. The number of nitro groups is 1. The molecule has 0 amide bonds. The Morgan fingerprint density at radius 1 is 1.14 bits per heavy atom. The van der Waals surface area contributed by atoms with Crippen molar-refractivity contribution in [3.05, 3.63) is 57.9 Å². The number of hydrogen-bond acceptors (Lipinski definition) is 12. The van der Waals surface area contributed by atoms with Crippen LogP contribution in [-0.2, 0) is 4.79 Å². The van der Waals surface area contributed by atoms with E-state index in [9.17, 15) is 19.3 Å². The first-order chi connectivity index (χ1) is 16.7. The molecule has 3 aromatic rings. The minimum Gasteiger partial charge on any atom is -0.488 e. The highest BCUT2D eigenvalue weighted by Crippen LogP contribution is 2.39. The van der Waals surface area contributed by atoms with Crippen LogP contribution >= 0.6 is 0 Å². The van der Waals surface area contributed by atoms with E-state index in [-0.39, 0.29) is 34.8 Å². The number of hydrazone groups is 1. The Labute approximate surface area is 198 Å². The van der Waals surface area contributed by atoms with E-state index in [0.29, 0.717) is 11.6 Å². The van der Waals surface area contributed by atoms with Crippen molar-refractivity contribution >= 4 is 41.4 Å². The molecule has 0 saturated heterocycles. The lowest BCUT2D eigenvalue weighted by atomic mass is 10.1. The summed E-state index contributed by atoms with van der Waals surface area (Å²) in [6.07, 6.45) is 1.17. The van der Waals surface area contributed by atoms with Gasteiger partial charge in [0.15, 0.2) is 5.75 Å². The largest absolute Gasteiger partial charge is 0.488 e. The van der Waals surface area contributed by atoms with Crippen molar-refractivity contribution in [2.45, 2.75) is 6.92 Å². The molecule has 0 fully saturated rings. The Morgan fingerprint density at radius 3 is 2.43 bits per heavy atom. The van der Waals surface area contributed by atoms with Crippen LogP contribution in [0.3, 0.4) is 0 Å². The summed E-state index contributed by atoms with van der Waals surface area (Å²) in [6.45, 7) is 1.17. The summed E-state index contributed by atoms with van der Waals surface area (Å²) in [4.78, 5) is 36.6. The zero-order chi connectivity index (χ0) is 25.5. The van der Waals surface area contributed by atoms with E-state index in [2.05, 4.69) is 30.8 Å². The molecule has 0 aliphatic rings. The molecule has 0 saturated carbocycles. The molecule has 2 aromatic carbocycles. The van der Waals surface area contributed by atoms with Crippen molar-refractivity contribution in [3.8, 4) is 11.5 Å². The van der Waals surface area contributed by atoms with Crippen molar-refractivity contribution < 1.29 is 23.6 Å². The Kier molecular flexibility index (Phi) is 7.66. The molecule has 3 rings (SSSR count). The topological polar surface area (TPSA) is 157 Å². The van der Waals surface area contributed by atoms with Gasteiger partial charge in [-0.25, -0.2) is 9.82 Å². The number of carbonyl (C=O) groups is 1. The second-order valence-electron chi connectivity index (χ2n) is 7.06. The smallest absolute Gasteiger partial charge is 0.323 e. The average molecular weight is 484 g/mol. The van der Waals surface area contributed by atoms with Gasteiger partial charge in [-0.15, -0.1) is 0 Å². The van der Waals surface area contributed by atoms with Gasteiger partial charge in [0.05, 0.1) is 23.8 Å². The normalized spacial score (nSPS) is 10.7. The molecule has 2 N–H and O–H groups in total. The number of rotatable bonds is 9. The number of nitro benzene ring substituents is 1. The zero-order valence-corrected chi connectivity index (χ0v) is 19.1. The summed E-state index contributed by atoms with van der Waals surface area (Å²) in [5, 5.41) is 18.6. The molecule has 1 aromatic heterocycles. The Hall–Kier alpha value is -4.88. The van der Waals surface area contributed by atoms with Gasteiger partial charge in [0.1, 0.15) is 5.82 Å². The van der Waals surface area contributed by atoms with Crippen molar-refractivity contribution in [2.24, 2.45) is 5.10 Å². The molecule has 0 aliphatic heterocycles. The van der Waals surface area contributed by atoms with Crippen molar-refractivity contribution in [3.63, 3.8) is 0 Å². The lowest BCUT2D eigenvalue weighted by Crippen LogP contribution is -2.15. The van der Waals surface area contributed by atoms with Crippen molar-refractivity contribution in [1.82, 2.24) is 15.0 Å². The maximum atomic E-state index is 13.2. The molecule has 14 heteroatoms. The summed E-state index contributed by atoms with van der Waals surface area (Å²) in [5.41, 5.74) is 2.78. The van der Waals surface area contributed by atoms with Gasteiger partial charge in [0, 0.05) is 26.7 Å². The van der Waals surface area contributed by atoms with Crippen LogP contribution in [0.15, 0.2) is 41.5 Å². The molecular weight excluding hydrogens is 463 g/mol. The number of methoxy groups -OCH3 is 1. The van der Waals surface area contributed by atoms with E-state index in [1.807, 2.05) is 0 Å². The SMILES string of the molecule is COc1c(OC(C)=O)ccc(/C=N\Nc2nc(Nc3ccc(F)cc3)nc(N(C)C)n2)c1[N+](=O)[O-]. The predicted molar refractivity (Wildman–Crippen MR) is 126 cm³/mol. The number of esters is 1. The van der Waals surface area contributed by atoms with Crippen LogP contribution in [0.5, 0.6) is 11.5 Å². The van der Waals surface area contributed by atoms with Crippen LogP contribution in [-0.4, -0.2) is 53.3 Å². The Bertz CT molecular complexity index is 1270. The molecule has 0 unspecified atom stereocenters.